The molecular weight excluding hydrogens is 176 g/mol. The summed E-state index contributed by atoms with van der Waals surface area (Å²) in [5.41, 5.74) is 6.85. The first kappa shape index (κ1) is 10.9. The van der Waals surface area contributed by atoms with Crippen LogP contribution in [-0.4, -0.2) is 19.7 Å². The van der Waals surface area contributed by atoms with Crippen molar-refractivity contribution in [2.24, 2.45) is 5.73 Å². The number of ether oxygens (including phenoxy) is 1. The van der Waals surface area contributed by atoms with Crippen molar-refractivity contribution in [1.29, 1.82) is 0 Å². The van der Waals surface area contributed by atoms with Crippen LogP contribution in [0.5, 0.6) is 5.75 Å². The number of anilines is 1. The molecule has 3 N–H and O–H groups in total. The lowest BCUT2D eigenvalue weighted by Crippen LogP contribution is -2.27. The third-order valence-corrected chi connectivity index (χ3v) is 2.16. The van der Waals surface area contributed by atoms with Crippen LogP contribution in [0.1, 0.15) is 13.3 Å². The maximum atomic E-state index is 5.80. The van der Waals surface area contributed by atoms with Crippen molar-refractivity contribution in [3.63, 3.8) is 0 Å². The summed E-state index contributed by atoms with van der Waals surface area (Å²) in [5.74, 6) is 0.861. The van der Waals surface area contributed by atoms with Crippen LogP contribution in [0.15, 0.2) is 24.3 Å². The zero-order valence-electron chi connectivity index (χ0n) is 8.79. The van der Waals surface area contributed by atoms with Gasteiger partial charge in [0.05, 0.1) is 7.11 Å². The van der Waals surface area contributed by atoms with Gasteiger partial charge in [-0.25, -0.2) is 0 Å². The van der Waals surface area contributed by atoms with Gasteiger partial charge >= 0.3 is 0 Å². The zero-order chi connectivity index (χ0) is 10.4. The highest BCUT2D eigenvalue weighted by atomic mass is 16.5. The Labute approximate surface area is 85.3 Å². The molecule has 1 aromatic carbocycles. The van der Waals surface area contributed by atoms with Gasteiger partial charge in [0.15, 0.2) is 0 Å². The predicted octanol–water partition coefficient (Wildman–Crippen LogP) is 1.84. The molecule has 0 fully saturated rings. The van der Waals surface area contributed by atoms with E-state index in [1.54, 1.807) is 7.11 Å². The maximum absolute atomic E-state index is 5.80. The molecule has 1 aromatic rings. The van der Waals surface area contributed by atoms with Crippen LogP contribution in [0.3, 0.4) is 0 Å². The smallest absolute Gasteiger partial charge is 0.120 e. The fourth-order valence-corrected chi connectivity index (χ4v) is 1.13. The van der Waals surface area contributed by atoms with Crippen LogP contribution in [0.4, 0.5) is 5.69 Å². The molecule has 1 unspecified atom stereocenters. The SMILES string of the molecule is CCC(N)CNc1cccc(OC)c1. The van der Waals surface area contributed by atoms with Crippen molar-refractivity contribution in [1.82, 2.24) is 0 Å². The molecule has 0 saturated heterocycles. The molecule has 3 heteroatoms. The Bertz CT molecular complexity index is 276. The van der Waals surface area contributed by atoms with E-state index >= 15 is 0 Å². The lowest BCUT2D eigenvalue weighted by atomic mass is 10.2. The van der Waals surface area contributed by atoms with E-state index in [2.05, 4.69) is 12.2 Å². The highest BCUT2D eigenvalue weighted by Crippen LogP contribution is 2.16. The molecule has 0 spiro atoms. The number of nitrogens with one attached hydrogen (secondary N) is 1. The monoisotopic (exact) mass is 194 g/mol. The van der Waals surface area contributed by atoms with E-state index in [9.17, 15) is 0 Å². The lowest BCUT2D eigenvalue weighted by Gasteiger charge is -2.11. The summed E-state index contributed by atoms with van der Waals surface area (Å²) in [7, 11) is 1.66. The van der Waals surface area contributed by atoms with E-state index in [1.165, 1.54) is 0 Å². The Balaban J connectivity index is 2.50. The van der Waals surface area contributed by atoms with E-state index in [1.807, 2.05) is 24.3 Å². The van der Waals surface area contributed by atoms with Gasteiger partial charge in [0, 0.05) is 24.3 Å². The highest BCUT2D eigenvalue weighted by Gasteiger charge is 1.99. The minimum Gasteiger partial charge on any atom is -0.497 e. The Morgan fingerprint density at radius 1 is 1.50 bits per heavy atom. The van der Waals surface area contributed by atoms with Gasteiger partial charge in [0.2, 0.25) is 0 Å². The van der Waals surface area contributed by atoms with Gasteiger partial charge in [-0.1, -0.05) is 13.0 Å². The Hall–Kier alpha value is -1.22. The molecule has 1 atom stereocenters. The van der Waals surface area contributed by atoms with Crippen LogP contribution in [0.25, 0.3) is 0 Å². The van der Waals surface area contributed by atoms with Gasteiger partial charge < -0.3 is 15.8 Å². The first-order chi connectivity index (χ1) is 6.76. The van der Waals surface area contributed by atoms with Crippen molar-refractivity contribution >= 4 is 5.69 Å². The summed E-state index contributed by atoms with van der Waals surface area (Å²) in [6, 6.07) is 8.05. The summed E-state index contributed by atoms with van der Waals surface area (Å²) < 4.78 is 5.12. The molecule has 0 heterocycles. The molecule has 14 heavy (non-hydrogen) atoms. The van der Waals surface area contributed by atoms with E-state index in [0.717, 1.165) is 24.4 Å². The second kappa shape index (κ2) is 5.50. The molecule has 0 saturated carbocycles. The number of nitrogens with two attached hydrogens (primary N) is 1. The molecule has 0 aromatic heterocycles. The summed E-state index contributed by atoms with van der Waals surface area (Å²) in [5, 5.41) is 3.27. The fraction of sp³-hybridized carbons (Fsp3) is 0.455. The van der Waals surface area contributed by atoms with Gasteiger partial charge in [-0.3, -0.25) is 0 Å². The summed E-state index contributed by atoms with van der Waals surface area (Å²) in [6.45, 7) is 2.88. The first-order valence-electron chi connectivity index (χ1n) is 4.89. The van der Waals surface area contributed by atoms with Crippen LogP contribution < -0.4 is 15.8 Å². The predicted molar refractivity (Wildman–Crippen MR) is 59.8 cm³/mol. The molecule has 0 aliphatic rings. The van der Waals surface area contributed by atoms with E-state index in [4.69, 9.17) is 10.5 Å². The van der Waals surface area contributed by atoms with E-state index in [-0.39, 0.29) is 6.04 Å². The third-order valence-electron chi connectivity index (χ3n) is 2.16. The van der Waals surface area contributed by atoms with Gasteiger partial charge in [0.25, 0.3) is 0 Å². The van der Waals surface area contributed by atoms with Crippen molar-refractivity contribution < 1.29 is 4.74 Å². The number of rotatable bonds is 5. The van der Waals surface area contributed by atoms with Gasteiger partial charge in [-0.05, 0) is 18.6 Å². The largest absolute Gasteiger partial charge is 0.497 e. The number of methoxy groups -OCH3 is 1. The van der Waals surface area contributed by atoms with Crippen molar-refractivity contribution in [2.45, 2.75) is 19.4 Å². The second-order valence-electron chi connectivity index (χ2n) is 3.28. The van der Waals surface area contributed by atoms with Crippen molar-refractivity contribution in [2.75, 3.05) is 19.0 Å². The van der Waals surface area contributed by atoms with Crippen LogP contribution in [0, 0.1) is 0 Å². The average Bonchev–Trinajstić information content (AvgIpc) is 2.26. The van der Waals surface area contributed by atoms with Crippen LogP contribution in [0.2, 0.25) is 0 Å². The molecule has 78 valence electrons. The summed E-state index contributed by atoms with van der Waals surface area (Å²) in [4.78, 5) is 0. The van der Waals surface area contributed by atoms with Gasteiger partial charge in [0.1, 0.15) is 5.75 Å². The Morgan fingerprint density at radius 2 is 2.29 bits per heavy atom. The molecule has 0 aliphatic carbocycles. The quantitative estimate of drug-likeness (QED) is 0.752. The Morgan fingerprint density at radius 3 is 2.93 bits per heavy atom. The highest BCUT2D eigenvalue weighted by molar-refractivity contribution is 5.48. The molecule has 0 amide bonds. The lowest BCUT2D eigenvalue weighted by molar-refractivity contribution is 0.415. The van der Waals surface area contributed by atoms with Crippen molar-refractivity contribution in [3.05, 3.63) is 24.3 Å². The number of hydrogen-bond acceptors (Lipinski definition) is 3. The summed E-state index contributed by atoms with van der Waals surface area (Å²) in [6.07, 6.45) is 0.983. The molecule has 3 nitrogen and oxygen atoms in total. The molecule has 0 bridgehead atoms. The standard InChI is InChI=1S/C11H18N2O/c1-3-9(12)8-13-10-5-4-6-11(7-10)14-2/h4-7,9,13H,3,8,12H2,1-2H3. The van der Waals surface area contributed by atoms with Crippen LogP contribution >= 0.6 is 0 Å². The average molecular weight is 194 g/mol. The first-order valence-corrected chi connectivity index (χ1v) is 4.89. The molecular formula is C11H18N2O. The Kier molecular flexibility index (Phi) is 4.26. The molecule has 0 radical (unpaired) electrons. The molecule has 0 aliphatic heterocycles. The van der Waals surface area contributed by atoms with Crippen LogP contribution in [-0.2, 0) is 0 Å². The minimum absolute atomic E-state index is 0.209. The fourth-order valence-electron chi connectivity index (χ4n) is 1.13. The summed E-state index contributed by atoms with van der Waals surface area (Å²) >= 11 is 0. The van der Waals surface area contributed by atoms with Gasteiger partial charge in [-0.15, -0.1) is 0 Å². The van der Waals surface area contributed by atoms with Gasteiger partial charge in [-0.2, -0.15) is 0 Å². The van der Waals surface area contributed by atoms with E-state index in [0.29, 0.717) is 0 Å². The second-order valence-corrected chi connectivity index (χ2v) is 3.28. The number of benzene rings is 1. The topological polar surface area (TPSA) is 47.3 Å². The number of hydrogen-bond donors (Lipinski definition) is 2. The normalized spacial score (nSPS) is 12.2. The molecule has 1 rings (SSSR count). The maximum Gasteiger partial charge on any atom is 0.120 e. The zero-order valence-corrected chi connectivity index (χ0v) is 8.79. The van der Waals surface area contributed by atoms with E-state index < -0.39 is 0 Å². The minimum atomic E-state index is 0.209. The van der Waals surface area contributed by atoms with Crippen molar-refractivity contribution in [3.8, 4) is 5.75 Å². The third kappa shape index (κ3) is 3.26.